The van der Waals surface area contributed by atoms with E-state index in [2.05, 4.69) is 47.2 Å². The van der Waals surface area contributed by atoms with Crippen molar-refractivity contribution in [2.24, 2.45) is 0 Å². The average molecular weight is 322 g/mol. The molecule has 1 N–H and O–H groups in total. The molecule has 1 unspecified atom stereocenters. The quantitative estimate of drug-likeness (QED) is 0.876. The minimum absolute atomic E-state index is 0.140. The Kier molecular flexibility index (Phi) is 4.38. The van der Waals surface area contributed by atoms with Crippen LogP contribution in [0.4, 0.5) is 4.39 Å². The Morgan fingerprint density at radius 3 is 2.32 bits per heavy atom. The second-order valence-corrected chi connectivity index (χ2v) is 5.61. The third-order valence-electron chi connectivity index (χ3n) is 3.39. The minimum Gasteiger partial charge on any atom is -0.309 e. The van der Waals surface area contributed by atoms with Gasteiger partial charge < -0.3 is 5.32 Å². The molecule has 0 bridgehead atoms. The second-order valence-electron chi connectivity index (χ2n) is 4.69. The molecule has 0 aliphatic heterocycles. The number of hydrogen-bond donors (Lipinski definition) is 1. The van der Waals surface area contributed by atoms with Gasteiger partial charge in [-0.1, -0.05) is 34.1 Å². The molecule has 19 heavy (non-hydrogen) atoms. The van der Waals surface area contributed by atoms with Gasteiger partial charge in [0.05, 0.1) is 6.04 Å². The van der Waals surface area contributed by atoms with Crippen LogP contribution in [0.2, 0.25) is 0 Å². The zero-order valence-electron chi connectivity index (χ0n) is 11.3. The van der Waals surface area contributed by atoms with Crippen molar-refractivity contribution in [1.82, 2.24) is 5.32 Å². The summed E-state index contributed by atoms with van der Waals surface area (Å²) in [5, 5.41) is 3.22. The molecular formula is C16H17BrFN. The third-order valence-corrected chi connectivity index (χ3v) is 3.88. The normalized spacial score (nSPS) is 12.5. The summed E-state index contributed by atoms with van der Waals surface area (Å²) in [6, 6.07) is 11.1. The van der Waals surface area contributed by atoms with Crippen molar-refractivity contribution in [1.29, 1.82) is 0 Å². The SMILES string of the molecule is CNC(c1cc(Br)ccc1F)c1c(C)cccc1C. The Morgan fingerprint density at radius 1 is 1.11 bits per heavy atom. The molecule has 1 atom stereocenters. The highest BCUT2D eigenvalue weighted by Crippen LogP contribution is 2.30. The van der Waals surface area contributed by atoms with Crippen LogP contribution < -0.4 is 5.32 Å². The smallest absolute Gasteiger partial charge is 0.128 e. The van der Waals surface area contributed by atoms with Crippen molar-refractivity contribution in [3.63, 3.8) is 0 Å². The number of nitrogens with one attached hydrogen (secondary N) is 1. The van der Waals surface area contributed by atoms with Crippen molar-refractivity contribution >= 4 is 15.9 Å². The Labute approximate surface area is 122 Å². The van der Waals surface area contributed by atoms with E-state index in [0.717, 1.165) is 10.0 Å². The van der Waals surface area contributed by atoms with E-state index in [1.807, 2.05) is 19.2 Å². The lowest BCUT2D eigenvalue weighted by Crippen LogP contribution is -2.21. The van der Waals surface area contributed by atoms with E-state index >= 15 is 0 Å². The van der Waals surface area contributed by atoms with Crippen LogP contribution in [0.1, 0.15) is 28.3 Å². The maximum Gasteiger partial charge on any atom is 0.128 e. The molecule has 0 heterocycles. The van der Waals surface area contributed by atoms with E-state index < -0.39 is 0 Å². The molecule has 0 saturated carbocycles. The Hall–Kier alpha value is -1.19. The number of aryl methyl sites for hydroxylation is 2. The summed E-state index contributed by atoms with van der Waals surface area (Å²) in [4.78, 5) is 0. The van der Waals surface area contributed by atoms with Crippen molar-refractivity contribution < 1.29 is 4.39 Å². The van der Waals surface area contributed by atoms with E-state index in [9.17, 15) is 4.39 Å². The van der Waals surface area contributed by atoms with Gasteiger partial charge in [-0.2, -0.15) is 0 Å². The molecule has 0 radical (unpaired) electrons. The lowest BCUT2D eigenvalue weighted by Gasteiger charge is -2.22. The van der Waals surface area contributed by atoms with Crippen molar-refractivity contribution in [2.75, 3.05) is 7.05 Å². The lowest BCUT2D eigenvalue weighted by atomic mass is 9.91. The molecule has 0 spiro atoms. The Balaban J connectivity index is 2.59. The molecule has 0 fully saturated rings. The van der Waals surface area contributed by atoms with Gasteiger partial charge in [-0.15, -0.1) is 0 Å². The van der Waals surface area contributed by atoms with Gasteiger partial charge in [-0.25, -0.2) is 4.39 Å². The summed E-state index contributed by atoms with van der Waals surface area (Å²) in [5.41, 5.74) is 4.13. The number of halogens is 2. The maximum absolute atomic E-state index is 14.1. The summed E-state index contributed by atoms with van der Waals surface area (Å²) in [6.07, 6.45) is 0. The van der Waals surface area contributed by atoms with Crippen LogP contribution in [0.3, 0.4) is 0 Å². The number of hydrogen-bond acceptors (Lipinski definition) is 1. The van der Waals surface area contributed by atoms with Gasteiger partial charge in [0.2, 0.25) is 0 Å². The average Bonchev–Trinajstić information content (AvgIpc) is 2.37. The molecule has 0 amide bonds. The standard InChI is InChI=1S/C16H17BrFN/c1-10-5-4-6-11(2)15(10)16(19-3)13-9-12(17)7-8-14(13)18/h4-9,16,19H,1-3H3. The fraction of sp³-hybridized carbons (Fsp3) is 0.250. The van der Waals surface area contributed by atoms with Gasteiger partial charge in [-0.3, -0.25) is 0 Å². The van der Waals surface area contributed by atoms with Gasteiger partial charge in [0, 0.05) is 10.0 Å². The summed E-state index contributed by atoms with van der Waals surface area (Å²) >= 11 is 3.41. The predicted molar refractivity (Wildman–Crippen MR) is 80.9 cm³/mol. The van der Waals surface area contributed by atoms with E-state index in [4.69, 9.17) is 0 Å². The number of benzene rings is 2. The summed E-state index contributed by atoms with van der Waals surface area (Å²) < 4.78 is 15.0. The molecule has 2 aromatic carbocycles. The van der Waals surface area contributed by atoms with Crippen LogP contribution in [-0.4, -0.2) is 7.05 Å². The van der Waals surface area contributed by atoms with Crippen molar-refractivity contribution in [3.8, 4) is 0 Å². The predicted octanol–water partition coefficient (Wildman–Crippen LogP) is 4.51. The second kappa shape index (κ2) is 5.85. The first-order valence-corrected chi connectivity index (χ1v) is 7.02. The molecular weight excluding hydrogens is 305 g/mol. The summed E-state index contributed by atoms with van der Waals surface area (Å²) in [5.74, 6) is -0.190. The largest absolute Gasteiger partial charge is 0.309 e. The van der Waals surface area contributed by atoms with Gasteiger partial charge in [-0.05, 0) is 55.8 Å². The van der Waals surface area contributed by atoms with Crippen LogP contribution in [-0.2, 0) is 0 Å². The number of rotatable bonds is 3. The first kappa shape index (κ1) is 14.2. The van der Waals surface area contributed by atoms with Gasteiger partial charge in [0.1, 0.15) is 5.82 Å². The third kappa shape index (κ3) is 2.88. The monoisotopic (exact) mass is 321 g/mol. The molecule has 2 rings (SSSR count). The van der Waals surface area contributed by atoms with Gasteiger partial charge >= 0.3 is 0 Å². The summed E-state index contributed by atoms with van der Waals surface area (Å²) in [7, 11) is 1.86. The van der Waals surface area contributed by atoms with Gasteiger partial charge in [0.25, 0.3) is 0 Å². The van der Waals surface area contributed by atoms with Gasteiger partial charge in [0.15, 0.2) is 0 Å². The Bertz CT molecular complexity index is 575. The van der Waals surface area contributed by atoms with E-state index in [-0.39, 0.29) is 11.9 Å². The minimum atomic E-state index is -0.190. The van der Waals surface area contributed by atoms with Crippen molar-refractivity contribution in [2.45, 2.75) is 19.9 Å². The first-order chi connectivity index (χ1) is 9.04. The molecule has 0 aliphatic carbocycles. The molecule has 0 aliphatic rings. The topological polar surface area (TPSA) is 12.0 Å². The molecule has 3 heteroatoms. The highest BCUT2D eigenvalue weighted by Gasteiger charge is 2.19. The van der Waals surface area contributed by atoms with E-state index in [1.165, 1.54) is 17.2 Å². The molecule has 0 saturated heterocycles. The van der Waals surface area contributed by atoms with E-state index in [1.54, 1.807) is 6.07 Å². The van der Waals surface area contributed by atoms with Crippen LogP contribution in [0, 0.1) is 19.7 Å². The molecule has 0 aromatic heterocycles. The zero-order valence-corrected chi connectivity index (χ0v) is 12.9. The molecule has 2 aromatic rings. The highest BCUT2D eigenvalue weighted by molar-refractivity contribution is 9.10. The van der Waals surface area contributed by atoms with Crippen molar-refractivity contribution in [3.05, 3.63) is 68.9 Å². The fourth-order valence-corrected chi connectivity index (χ4v) is 2.85. The zero-order chi connectivity index (χ0) is 14.0. The van der Waals surface area contributed by atoms with Crippen LogP contribution in [0.5, 0.6) is 0 Å². The maximum atomic E-state index is 14.1. The highest BCUT2D eigenvalue weighted by atomic mass is 79.9. The van der Waals surface area contributed by atoms with Crippen LogP contribution >= 0.6 is 15.9 Å². The Morgan fingerprint density at radius 2 is 1.74 bits per heavy atom. The van der Waals surface area contributed by atoms with E-state index in [0.29, 0.717) is 5.56 Å². The lowest BCUT2D eigenvalue weighted by molar-refractivity contribution is 0.573. The fourth-order valence-electron chi connectivity index (χ4n) is 2.47. The molecule has 1 nitrogen and oxygen atoms in total. The first-order valence-electron chi connectivity index (χ1n) is 6.23. The van der Waals surface area contributed by atoms with Crippen LogP contribution in [0.25, 0.3) is 0 Å². The molecule has 100 valence electrons. The summed E-state index contributed by atoms with van der Waals surface area (Å²) in [6.45, 7) is 4.12. The van der Waals surface area contributed by atoms with Crippen LogP contribution in [0.15, 0.2) is 40.9 Å².